The number of hydrogen-bond acceptors (Lipinski definition) is 2. The van der Waals surface area contributed by atoms with Crippen molar-refractivity contribution in [2.45, 2.75) is 6.61 Å². The van der Waals surface area contributed by atoms with E-state index in [0.717, 1.165) is 0 Å². The van der Waals surface area contributed by atoms with Gasteiger partial charge in [-0.25, -0.2) is 0 Å². The minimum atomic E-state index is -2.84. The Bertz CT molecular complexity index is 294. The second kappa shape index (κ2) is 4.58. The number of ether oxygens (including phenoxy) is 1. The fourth-order valence-corrected chi connectivity index (χ4v) is 2.74. The number of phenols is 1. The summed E-state index contributed by atoms with van der Waals surface area (Å²) in [4.78, 5) is 0. The van der Waals surface area contributed by atoms with Crippen molar-refractivity contribution in [1.29, 1.82) is 0 Å². The molecule has 0 radical (unpaired) electrons. The van der Waals surface area contributed by atoms with Crippen molar-refractivity contribution in [3.63, 3.8) is 0 Å². The van der Waals surface area contributed by atoms with Crippen LogP contribution in [0.25, 0.3) is 0 Å². The molecule has 1 N–H and O–H groups in total. The van der Waals surface area contributed by atoms with Crippen LogP contribution in [0.5, 0.6) is 11.5 Å². The van der Waals surface area contributed by atoms with Crippen molar-refractivity contribution >= 4 is 45.2 Å². The van der Waals surface area contributed by atoms with Crippen LogP contribution in [0.3, 0.4) is 0 Å². The van der Waals surface area contributed by atoms with E-state index in [-0.39, 0.29) is 11.5 Å². The molecule has 2 nitrogen and oxygen atoms in total. The monoisotopic (exact) mass is 412 g/mol. The van der Waals surface area contributed by atoms with Crippen LogP contribution in [-0.2, 0) is 0 Å². The molecule has 0 aromatic heterocycles. The van der Waals surface area contributed by atoms with Crippen LogP contribution in [0.15, 0.2) is 12.1 Å². The highest BCUT2D eigenvalue weighted by atomic mass is 127. The van der Waals surface area contributed by atoms with Gasteiger partial charge in [0.25, 0.3) is 0 Å². The standard InChI is InChI=1S/C7H4F2I2O2/c8-7(9)13-6-4(10)1-3(12)2-5(6)11/h1-2,7,12H. The maximum Gasteiger partial charge on any atom is 0.387 e. The molecule has 0 saturated heterocycles. The first-order valence-corrected chi connectivity index (χ1v) is 5.29. The lowest BCUT2D eigenvalue weighted by Crippen LogP contribution is -2.04. The zero-order chi connectivity index (χ0) is 10.0. The van der Waals surface area contributed by atoms with Crippen molar-refractivity contribution < 1.29 is 18.6 Å². The smallest absolute Gasteiger partial charge is 0.387 e. The Morgan fingerprint density at radius 1 is 1.23 bits per heavy atom. The average Bonchev–Trinajstić information content (AvgIpc) is 1.96. The molecule has 13 heavy (non-hydrogen) atoms. The van der Waals surface area contributed by atoms with E-state index in [9.17, 15) is 8.78 Å². The summed E-state index contributed by atoms with van der Waals surface area (Å²) in [5, 5.41) is 9.10. The maximum atomic E-state index is 11.9. The fourth-order valence-electron chi connectivity index (χ4n) is 0.748. The quantitative estimate of drug-likeness (QED) is 0.757. The van der Waals surface area contributed by atoms with Crippen LogP contribution in [0.1, 0.15) is 0 Å². The van der Waals surface area contributed by atoms with E-state index in [1.54, 1.807) is 0 Å². The van der Waals surface area contributed by atoms with Gasteiger partial charge in [0, 0.05) is 0 Å². The van der Waals surface area contributed by atoms with E-state index in [1.165, 1.54) is 12.1 Å². The third-order valence-electron chi connectivity index (χ3n) is 1.19. The second-order valence-electron chi connectivity index (χ2n) is 2.12. The van der Waals surface area contributed by atoms with Crippen molar-refractivity contribution in [2.75, 3.05) is 0 Å². The fraction of sp³-hybridized carbons (Fsp3) is 0.143. The van der Waals surface area contributed by atoms with E-state index in [4.69, 9.17) is 5.11 Å². The largest absolute Gasteiger partial charge is 0.508 e. The molecule has 0 amide bonds. The Kier molecular flexibility index (Phi) is 3.95. The molecule has 0 aliphatic heterocycles. The summed E-state index contributed by atoms with van der Waals surface area (Å²) in [5.74, 6) is 0.143. The second-order valence-corrected chi connectivity index (χ2v) is 4.44. The molecular formula is C7H4F2I2O2. The summed E-state index contributed by atoms with van der Waals surface area (Å²) >= 11 is 3.64. The Hall–Kier alpha value is 0.140. The molecule has 0 bridgehead atoms. The molecular weight excluding hydrogens is 408 g/mol. The van der Waals surface area contributed by atoms with Gasteiger partial charge in [-0.15, -0.1) is 0 Å². The predicted molar refractivity (Wildman–Crippen MR) is 60.2 cm³/mol. The van der Waals surface area contributed by atoms with Gasteiger partial charge in [0.15, 0.2) is 5.75 Å². The van der Waals surface area contributed by atoms with Crippen LogP contribution in [0.4, 0.5) is 8.78 Å². The topological polar surface area (TPSA) is 29.5 Å². The van der Waals surface area contributed by atoms with Crippen LogP contribution >= 0.6 is 45.2 Å². The molecule has 6 heteroatoms. The Morgan fingerprint density at radius 2 is 1.69 bits per heavy atom. The van der Waals surface area contributed by atoms with Crippen LogP contribution in [0, 0.1) is 7.14 Å². The lowest BCUT2D eigenvalue weighted by Gasteiger charge is -2.09. The van der Waals surface area contributed by atoms with Gasteiger partial charge in [0.2, 0.25) is 0 Å². The number of alkyl halides is 2. The first-order chi connectivity index (χ1) is 6.00. The Balaban J connectivity index is 3.06. The summed E-state index contributed by atoms with van der Waals surface area (Å²) in [6, 6.07) is 2.72. The molecule has 0 heterocycles. The highest BCUT2D eigenvalue weighted by molar-refractivity contribution is 14.1. The lowest BCUT2D eigenvalue weighted by atomic mass is 10.3. The molecule has 0 aliphatic rings. The summed E-state index contributed by atoms with van der Waals surface area (Å²) in [7, 11) is 0. The summed E-state index contributed by atoms with van der Waals surface area (Å²) in [6.45, 7) is -2.84. The van der Waals surface area contributed by atoms with E-state index < -0.39 is 6.61 Å². The highest BCUT2D eigenvalue weighted by Gasteiger charge is 2.12. The third kappa shape index (κ3) is 3.08. The third-order valence-corrected chi connectivity index (χ3v) is 2.79. The zero-order valence-corrected chi connectivity index (χ0v) is 10.4. The number of hydrogen-bond donors (Lipinski definition) is 1. The van der Waals surface area contributed by atoms with Crippen molar-refractivity contribution in [2.24, 2.45) is 0 Å². The van der Waals surface area contributed by atoms with Crippen molar-refractivity contribution in [1.82, 2.24) is 0 Å². The Labute approximate surface area is 101 Å². The molecule has 1 rings (SSSR count). The minimum Gasteiger partial charge on any atom is -0.508 e. The predicted octanol–water partition coefficient (Wildman–Crippen LogP) is 3.20. The highest BCUT2D eigenvalue weighted by Crippen LogP contribution is 2.32. The average molecular weight is 412 g/mol. The normalized spacial score (nSPS) is 10.5. The van der Waals surface area contributed by atoms with E-state index in [2.05, 4.69) is 4.74 Å². The molecule has 1 aromatic carbocycles. The number of halogens is 4. The molecule has 0 aliphatic carbocycles. The molecule has 72 valence electrons. The minimum absolute atomic E-state index is 0.0374. The maximum absolute atomic E-state index is 11.9. The first kappa shape index (κ1) is 11.2. The van der Waals surface area contributed by atoms with Gasteiger partial charge in [-0.3, -0.25) is 0 Å². The SMILES string of the molecule is Oc1cc(I)c(OC(F)F)c(I)c1. The number of aromatic hydroxyl groups is 1. The zero-order valence-electron chi connectivity index (χ0n) is 6.10. The molecule has 0 unspecified atom stereocenters. The van der Waals surface area contributed by atoms with Gasteiger partial charge in [-0.05, 0) is 57.3 Å². The number of benzene rings is 1. The summed E-state index contributed by atoms with van der Waals surface area (Å²) in [6.07, 6.45) is 0. The van der Waals surface area contributed by atoms with Gasteiger partial charge >= 0.3 is 6.61 Å². The Morgan fingerprint density at radius 3 is 2.08 bits per heavy atom. The van der Waals surface area contributed by atoms with Crippen molar-refractivity contribution in [3.8, 4) is 11.5 Å². The van der Waals surface area contributed by atoms with Gasteiger partial charge in [0.1, 0.15) is 5.75 Å². The van der Waals surface area contributed by atoms with Gasteiger partial charge < -0.3 is 9.84 Å². The number of phenolic OH excluding ortho intramolecular Hbond substituents is 1. The van der Waals surface area contributed by atoms with E-state index in [0.29, 0.717) is 7.14 Å². The van der Waals surface area contributed by atoms with Crippen LogP contribution in [-0.4, -0.2) is 11.7 Å². The molecule has 1 aromatic rings. The molecule has 0 fully saturated rings. The van der Waals surface area contributed by atoms with E-state index in [1.807, 2.05) is 45.2 Å². The lowest BCUT2D eigenvalue weighted by molar-refractivity contribution is -0.0510. The van der Waals surface area contributed by atoms with Gasteiger partial charge in [-0.1, -0.05) is 0 Å². The van der Waals surface area contributed by atoms with Crippen LogP contribution < -0.4 is 4.74 Å². The first-order valence-electron chi connectivity index (χ1n) is 3.13. The summed E-state index contributed by atoms with van der Waals surface area (Å²) < 4.78 is 29.0. The van der Waals surface area contributed by atoms with Gasteiger partial charge in [0.05, 0.1) is 7.14 Å². The number of rotatable bonds is 2. The van der Waals surface area contributed by atoms with Gasteiger partial charge in [-0.2, -0.15) is 8.78 Å². The molecule has 0 saturated carbocycles. The molecule has 0 spiro atoms. The summed E-state index contributed by atoms with van der Waals surface area (Å²) in [5.41, 5.74) is 0. The van der Waals surface area contributed by atoms with Crippen LogP contribution in [0.2, 0.25) is 0 Å². The molecule has 0 atom stereocenters. The van der Waals surface area contributed by atoms with E-state index >= 15 is 0 Å². The van der Waals surface area contributed by atoms with Crippen molar-refractivity contribution in [3.05, 3.63) is 19.3 Å².